The second kappa shape index (κ2) is 4.08. The Hall–Kier alpha value is -0.480. The van der Waals surface area contributed by atoms with Crippen LogP contribution in [0.1, 0.15) is 26.7 Å². The van der Waals surface area contributed by atoms with Crippen molar-refractivity contribution in [1.29, 1.82) is 0 Å². The molecule has 1 aliphatic carbocycles. The SMILES string of the molecule is CC1(C)CC2=NC(C(=O)[O-])CSC2=C(Cl)C1. The zero-order valence-corrected chi connectivity index (χ0v) is 10.8. The van der Waals surface area contributed by atoms with Crippen molar-refractivity contribution in [2.75, 3.05) is 5.75 Å². The number of carboxylic acids is 1. The van der Waals surface area contributed by atoms with Crippen LogP contribution in [-0.4, -0.2) is 23.5 Å². The minimum absolute atomic E-state index is 0.0633. The fourth-order valence-corrected chi connectivity index (χ4v) is 3.72. The van der Waals surface area contributed by atoms with E-state index in [0.717, 1.165) is 28.5 Å². The van der Waals surface area contributed by atoms with Gasteiger partial charge in [0.05, 0.1) is 17.7 Å². The summed E-state index contributed by atoms with van der Waals surface area (Å²) < 4.78 is 0. The number of carbonyl (C=O) groups is 1. The van der Waals surface area contributed by atoms with E-state index in [-0.39, 0.29) is 5.41 Å². The van der Waals surface area contributed by atoms with E-state index in [1.54, 1.807) is 0 Å². The van der Waals surface area contributed by atoms with Crippen LogP contribution >= 0.6 is 23.4 Å². The average molecular weight is 259 g/mol. The van der Waals surface area contributed by atoms with Gasteiger partial charge in [0.15, 0.2) is 0 Å². The molecule has 0 N–H and O–H groups in total. The molecule has 3 nitrogen and oxygen atoms in total. The molecule has 0 fully saturated rings. The Labute approximate surface area is 104 Å². The fourth-order valence-electron chi connectivity index (χ4n) is 2.03. The maximum Gasteiger partial charge on any atom is 0.0990 e. The number of rotatable bonds is 1. The number of carboxylic acid groups (broad SMARTS) is 1. The number of aliphatic imine (C=N–C) groups is 1. The third-order valence-corrected chi connectivity index (χ3v) is 4.45. The van der Waals surface area contributed by atoms with Crippen LogP contribution in [0.25, 0.3) is 0 Å². The Morgan fingerprint density at radius 1 is 1.56 bits per heavy atom. The lowest BCUT2D eigenvalue weighted by Gasteiger charge is -2.35. The molecule has 0 saturated heterocycles. The van der Waals surface area contributed by atoms with Crippen LogP contribution in [-0.2, 0) is 4.79 Å². The van der Waals surface area contributed by atoms with Crippen molar-refractivity contribution < 1.29 is 9.90 Å². The summed E-state index contributed by atoms with van der Waals surface area (Å²) in [6, 6.07) is -0.720. The van der Waals surface area contributed by atoms with Crippen molar-refractivity contribution in [1.82, 2.24) is 0 Å². The fraction of sp³-hybridized carbons (Fsp3) is 0.636. The van der Waals surface area contributed by atoms with Gasteiger partial charge >= 0.3 is 0 Å². The first-order chi connectivity index (χ1) is 7.39. The number of carbonyl (C=O) groups excluding carboxylic acids is 1. The molecule has 88 valence electrons. The second-order valence-corrected chi connectivity index (χ2v) is 6.46. The highest BCUT2D eigenvalue weighted by molar-refractivity contribution is 8.04. The molecular formula is C11H13ClNO2S-. The van der Waals surface area contributed by atoms with Crippen LogP contribution in [0.2, 0.25) is 0 Å². The van der Waals surface area contributed by atoms with Crippen molar-refractivity contribution in [2.45, 2.75) is 32.7 Å². The Morgan fingerprint density at radius 2 is 2.25 bits per heavy atom. The number of hydrogen-bond acceptors (Lipinski definition) is 4. The lowest BCUT2D eigenvalue weighted by molar-refractivity contribution is -0.306. The number of allylic oxidation sites excluding steroid dienone is 2. The molecule has 1 atom stereocenters. The Kier molecular flexibility index (Phi) is 3.05. The Bertz CT molecular complexity index is 401. The smallest absolute Gasteiger partial charge is 0.0990 e. The zero-order valence-electron chi connectivity index (χ0n) is 9.25. The minimum atomic E-state index is -1.10. The molecule has 0 radical (unpaired) electrons. The standard InChI is InChI=1S/C11H14ClNO2S/c1-11(2)3-6(12)9-7(4-11)13-8(5-16-9)10(14)15/h8H,3-5H2,1-2H3,(H,14,15)/p-1. The lowest BCUT2D eigenvalue weighted by Crippen LogP contribution is -2.39. The Balaban J connectivity index is 2.35. The molecule has 0 spiro atoms. The van der Waals surface area contributed by atoms with Gasteiger partial charge in [0.25, 0.3) is 0 Å². The summed E-state index contributed by atoms with van der Waals surface area (Å²) >= 11 is 7.71. The van der Waals surface area contributed by atoms with Crippen molar-refractivity contribution >= 4 is 35.0 Å². The molecule has 5 heteroatoms. The van der Waals surface area contributed by atoms with Crippen LogP contribution in [0.4, 0.5) is 0 Å². The molecule has 1 aliphatic heterocycles. The molecule has 0 aromatic carbocycles. The number of hydrogen-bond donors (Lipinski definition) is 0. The number of thioether (sulfide) groups is 1. The third kappa shape index (κ3) is 2.28. The van der Waals surface area contributed by atoms with Gasteiger partial charge in [0.2, 0.25) is 0 Å². The van der Waals surface area contributed by atoms with Gasteiger partial charge in [-0.25, -0.2) is 0 Å². The van der Waals surface area contributed by atoms with Crippen LogP contribution in [0.15, 0.2) is 14.9 Å². The number of aliphatic carboxylic acids is 1. The maximum atomic E-state index is 10.8. The topological polar surface area (TPSA) is 52.5 Å². The van der Waals surface area contributed by atoms with Crippen LogP contribution in [0.5, 0.6) is 0 Å². The molecule has 16 heavy (non-hydrogen) atoms. The molecule has 0 saturated carbocycles. The van der Waals surface area contributed by atoms with Crippen molar-refractivity contribution in [3.63, 3.8) is 0 Å². The molecule has 0 amide bonds. The van der Waals surface area contributed by atoms with Crippen LogP contribution in [0, 0.1) is 5.41 Å². The van der Waals surface area contributed by atoms with Gasteiger partial charge < -0.3 is 9.90 Å². The Morgan fingerprint density at radius 3 is 2.88 bits per heavy atom. The summed E-state index contributed by atoms with van der Waals surface area (Å²) in [6.07, 6.45) is 1.63. The largest absolute Gasteiger partial charge is 0.548 e. The number of nitrogens with zero attached hydrogens (tertiary/aromatic N) is 1. The summed E-state index contributed by atoms with van der Waals surface area (Å²) in [6.45, 7) is 4.23. The van der Waals surface area contributed by atoms with Gasteiger partial charge in [0.1, 0.15) is 0 Å². The highest BCUT2D eigenvalue weighted by atomic mass is 35.5. The molecule has 2 aliphatic rings. The predicted molar refractivity (Wildman–Crippen MR) is 64.6 cm³/mol. The highest BCUT2D eigenvalue weighted by Crippen LogP contribution is 2.44. The predicted octanol–water partition coefficient (Wildman–Crippen LogP) is 1.56. The van der Waals surface area contributed by atoms with E-state index in [1.165, 1.54) is 11.8 Å². The summed E-state index contributed by atoms with van der Waals surface area (Å²) in [5, 5.41) is 11.6. The molecule has 1 unspecified atom stereocenters. The molecule has 0 aromatic heterocycles. The lowest BCUT2D eigenvalue weighted by atomic mass is 9.79. The first-order valence-corrected chi connectivity index (χ1v) is 6.55. The molecule has 0 aromatic rings. The van der Waals surface area contributed by atoms with Gasteiger partial charge in [-0.2, -0.15) is 0 Å². The van der Waals surface area contributed by atoms with Crippen molar-refractivity contribution in [2.24, 2.45) is 10.4 Å². The van der Waals surface area contributed by atoms with Gasteiger partial charge in [-0.1, -0.05) is 25.4 Å². The maximum absolute atomic E-state index is 10.8. The molecular weight excluding hydrogens is 246 g/mol. The van der Waals surface area contributed by atoms with E-state index < -0.39 is 12.0 Å². The summed E-state index contributed by atoms with van der Waals surface area (Å²) in [4.78, 5) is 16.0. The molecule has 1 heterocycles. The van der Waals surface area contributed by atoms with Crippen LogP contribution < -0.4 is 5.11 Å². The summed E-state index contributed by atoms with van der Waals surface area (Å²) in [7, 11) is 0. The van der Waals surface area contributed by atoms with Crippen LogP contribution in [0.3, 0.4) is 0 Å². The van der Waals surface area contributed by atoms with Crippen molar-refractivity contribution in [3.05, 3.63) is 9.94 Å². The van der Waals surface area contributed by atoms with E-state index >= 15 is 0 Å². The van der Waals surface area contributed by atoms with E-state index in [4.69, 9.17) is 11.6 Å². The number of fused-ring (bicyclic) bond motifs is 1. The average Bonchev–Trinajstić information content (AvgIpc) is 2.14. The monoisotopic (exact) mass is 258 g/mol. The first-order valence-electron chi connectivity index (χ1n) is 5.18. The first kappa shape index (κ1) is 12.0. The number of halogens is 1. The zero-order chi connectivity index (χ0) is 11.9. The minimum Gasteiger partial charge on any atom is -0.548 e. The van der Waals surface area contributed by atoms with E-state index in [0.29, 0.717) is 5.75 Å². The molecule has 2 rings (SSSR count). The van der Waals surface area contributed by atoms with Gasteiger partial charge in [-0.05, 0) is 18.3 Å². The summed E-state index contributed by atoms with van der Waals surface area (Å²) in [5.41, 5.74) is 0.903. The quantitative estimate of drug-likeness (QED) is 0.717. The van der Waals surface area contributed by atoms with Gasteiger partial charge in [0, 0.05) is 15.7 Å². The highest BCUT2D eigenvalue weighted by Gasteiger charge is 2.34. The normalized spacial score (nSPS) is 28.4. The van der Waals surface area contributed by atoms with Crippen molar-refractivity contribution in [3.8, 4) is 0 Å². The van der Waals surface area contributed by atoms with E-state index in [2.05, 4.69) is 18.8 Å². The third-order valence-electron chi connectivity index (χ3n) is 2.76. The van der Waals surface area contributed by atoms with Gasteiger partial charge in [-0.3, -0.25) is 4.99 Å². The molecule has 0 bridgehead atoms. The summed E-state index contributed by atoms with van der Waals surface area (Å²) in [5.74, 6) is -0.670. The van der Waals surface area contributed by atoms with Gasteiger partial charge in [-0.15, -0.1) is 11.8 Å². The second-order valence-electron chi connectivity index (χ2n) is 4.97. The van der Waals surface area contributed by atoms with E-state index in [9.17, 15) is 9.90 Å². The van der Waals surface area contributed by atoms with E-state index in [1.807, 2.05) is 0 Å².